The Morgan fingerprint density at radius 3 is 2.72 bits per heavy atom. The molecule has 1 saturated carbocycles. The Kier molecular flexibility index (Phi) is 7.52. The fourth-order valence-electron chi connectivity index (χ4n) is 4.23. The number of rotatable bonds is 9. The molecule has 2 heterocycles. The normalized spacial score (nSPS) is 14.2. The lowest BCUT2D eigenvalue weighted by atomic mass is 10.2. The second-order valence-corrected chi connectivity index (χ2v) is 9.59. The third kappa shape index (κ3) is 5.35. The van der Waals surface area contributed by atoms with Gasteiger partial charge in [0.05, 0.1) is 16.5 Å². The van der Waals surface area contributed by atoms with E-state index in [1.165, 1.54) is 24.6 Å². The van der Waals surface area contributed by atoms with Crippen molar-refractivity contribution in [3.05, 3.63) is 46.7 Å². The van der Waals surface area contributed by atoms with E-state index < -0.39 is 0 Å². The molecule has 1 N–H and O–H groups in total. The summed E-state index contributed by atoms with van der Waals surface area (Å²) in [6.07, 6.45) is 5.44. The van der Waals surface area contributed by atoms with Gasteiger partial charge in [0.15, 0.2) is 11.0 Å². The van der Waals surface area contributed by atoms with E-state index in [1.54, 1.807) is 0 Å². The van der Waals surface area contributed by atoms with E-state index in [-0.39, 0.29) is 5.91 Å². The molecule has 1 aromatic carbocycles. The first kappa shape index (κ1) is 22.9. The molecule has 32 heavy (non-hydrogen) atoms. The molecule has 1 amide bonds. The van der Waals surface area contributed by atoms with Gasteiger partial charge in [-0.15, -0.1) is 10.2 Å². The average Bonchev–Trinajstić information content (AvgIpc) is 3.50. The number of amides is 1. The van der Waals surface area contributed by atoms with E-state index in [0.29, 0.717) is 23.4 Å². The van der Waals surface area contributed by atoms with Crippen molar-refractivity contribution in [1.82, 2.24) is 29.9 Å². The van der Waals surface area contributed by atoms with Crippen LogP contribution in [0.4, 0.5) is 0 Å². The zero-order valence-electron chi connectivity index (χ0n) is 18.6. The summed E-state index contributed by atoms with van der Waals surface area (Å²) >= 11 is 7.88. The van der Waals surface area contributed by atoms with Crippen LogP contribution in [0.25, 0.3) is 11.4 Å². The lowest BCUT2D eigenvalue weighted by Gasteiger charge is -2.17. The molecule has 0 saturated heterocycles. The maximum absolute atomic E-state index is 12.4. The molecular formula is C23H29ClN6OS. The molecule has 1 aliphatic carbocycles. The number of benzene rings is 1. The van der Waals surface area contributed by atoms with Crippen LogP contribution in [-0.4, -0.2) is 42.7 Å². The fourth-order valence-corrected chi connectivity index (χ4v) is 5.29. The largest absolute Gasteiger partial charge is 0.355 e. The van der Waals surface area contributed by atoms with Gasteiger partial charge in [-0.1, -0.05) is 48.3 Å². The van der Waals surface area contributed by atoms with Gasteiger partial charge >= 0.3 is 0 Å². The van der Waals surface area contributed by atoms with E-state index in [1.807, 2.05) is 42.8 Å². The second-order valence-electron chi connectivity index (χ2n) is 8.24. The van der Waals surface area contributed by atoms with Crippen molar-refractivity contribution in [2.24, 2.45) is 0 Å². The summed E-state index contributed by atoms with van der Waals surface area (Å²) in [4.78, 5) is 12.4. The Hall–Kier alpha value is -2.32. The minimum atomic E-state index is 0.00336. The number of aryl methyl sites for hydroxylation is 3. The number of hydrogen-bond acceptors (Lipinski definition) is 5. The highest BCUT2D eigenvalue weighted by Gasteiger charge is 2.26. The van der Waals surface area contributed by atoms with Gasteiger partial charge in [-0.25, -0.2) is 0 Å². The van der Waals surface area contributed by atoms with Crippen molar-refractivity contribution in [3.63, 3.8) is 0 Å². The molecule has 0 atom stereocenters. The summed E-state index contributed by atoms with van der Waals surface area (Å²) in [7, 11) is 0. The van der Waals surface area contributed by atoms with Gasteiger partial charge in [0, 0.05) is 30.4 Å². The van der Waals surface area contributed by atoms with Crippen LogP contribution in [0.1, 0.15) is 49.5 Å². The third-order valence-electron chi connectivity index (χ3n) is 5.77. The maximum atomic E-state index is 12.4. The number of carbonyl (C=O) groups is 1. The molecule has 2 aromatic heterocycles. The number of thioether (sulfide) groups is 1. The minimum absolute atomic E-state index is 0.00336. The Bertz CT molecular complexity index is 1070. The van der Waals surface area contributed by atoms with Gasteiger partial charge in [-0.3, -0.25) is 14.0 Å². The standard InChI is InChI=1S/C23H29ClN6OS/c1-16-14-17(2)29(28-16)13-7-12-25-21(31)15-32-23-27-26-22(19-10-5-6-11-20(19)24)30(23)18-8-3-4-9-18/h5-6,10-11,14,18H,3-4,7-9,12-13,15H2,1-2H3,(H,25,31). The molecule has 1 fully saturated rings. The third-order valence-corrected chi connectivity index (χ3v) is 7.05. The van der Waals surface area contributed by atoms with Crippen molar-refractivity contribution in [2.45, 2.75) is 63.7 Å². The van der Waals surface area contributed by atoms with Gasteiger partial charge < -0.3 is 5.32 Å². The maximum Gasteiger partial charge on any atom is 0.230 e. The van der Waals surface area contributed by atoms with Gasteiger partial charge in [0.25, 0.3) is 0 Å². The van der Waals surface area contributed by atoms with Crippen molar-refractivity contribution >= 4 is 29.3 Å². The summed E-state index contributed by atoms with van der Waals surface area (Å²) in [5.74, 6) is 1.10. The van der Waals surface area contributed by atoms with Gasteiger partial charge in [-0.2, -0.15) is 5.10 Å². The van der Waals surface area contributed by atoms with Crippen molar-refractivity contribution in [1.29, 1.82) is 0 Å². The first-order valence-electron chi connectivity index (χ1n) is 11.1. The van der Waals surface area contributed by atoms with Crippen LogP contribution >= 0.6 is 23.4 Å². The van der Waals surface area contributed by atoms with E-state index in [0.717, 1.165) is 53.7 Å². The Morgan fingerprint density at radius 2 is 2.00 bits per heavy atom. The quantitative estimate of drug-likeness (QED) is 0.356. The molecule has 0 aliphatic heterocycles. The highest BCUT2D eigenvalue weighted by molar-refractivity contribution is 7.99. The van der Waals surface area contributed by atoms with E-state index in [9.17, 15) is 4.79 Å². The molecule has 1 aliphatic rings. The van der Waals surface area contributed by atoms with Crippen LogP contribution in [0, 0.1) is 13.8 Å². The Morgan fingerprint density at radius 1 is 1.22 bits per heavy atom. The van der Waals surface area contributed by atoms with E-state index in [2.05, 4.69) is 31.2 Å². The molecular weight excluding hydrogens is 444 g/mol. The lowest BCUT2D eigenvalue weighted by molar-refractivity contribution is -0.118. The van der Waals surface area contributed by atoms with Gasteiger partial charge in [0.2, 0.25) is 5.91 Å². The predicted octanol–water partition coefficient (Wildman–Crippen LogP) is 4.83. The van der Waals surface area contributed by atoms with Crippen molar-refractivity contribution < 1.29 is 4.79 Å². The first-order valence-corrected chi connectivity index (χ1v) is 12.5. The molecule has 7 nitrogen and oxygen atoms in total. The molecule has 0 radical (unpaired) electrons. The van der Waals surface area contributed by atoms with Crippen LogP contribution in [-0.2, 0) is 11.3 Å². The van der Waals surface area contributed by atoms with Crippen molar-refractivity contribution in [2.75, 3.05) is 12.3 Å². The number of nitrogens with zero attached hydrogens (tertiary/aromatic N) is 5. The second kappa shape index (κ2) is 10.5. The van der Waals surface area contributed by atoms with Crippen LogP contribution in [0.5, 0.6) is 0 Å². The molecule has 0 unspecified atom stereocenters. The number of carbonyl (C=O) groups excluding carboxylic acids is 1. The topological polar surface area (TPSA) is 77.6 Å². The van der Waals surface area contributed by atoms with Crippen LogP contribution in [0.3, 0.4) is 0 Å². The highest BCUT2D eigenvalue weighted by atomic mass is 35.5. The summed E-state index contributed by atoms with van der Waals surface area (Å²) in [6, 6.07) is 10.1. The zero-order valence-corrected chi connectivity index (χ0v) is 20.1. The summed E-state index contributed by atoms with van der Waals surface area (Å²) in [5.41, 5.74) is 3.05. The summed E-state index contributed by atoms with van der Waals surface area (Å²) < 4.78 is 4.17. The lowest BCUT2D eigenvalue weighted by Crippen LogP contribution is -2.27. The highest BCUT2D eigenvalue weighted by Crippen LogP contribution is 2.38. The average molecular weight is 473 g/mol. The zero-order chi connectivity index (χ0) is 22.5. The van der Waals surface area contributed by atoms with E-state index in [4.69, 9.17) is 11.6 Å². The predicted molar refractivity (Wildman–Crippen MR) is 128 cm³/mol. The van der Waals surface area contributed by atoms with Gasteiger partial charge in [-0.05, 0) is 51.3 Å². The van der Waals surface area contributed by atoms with E-state index >= 15 is 0 Å². The Labute approximate surface area is 197 Å². The van der Waals surface area contributed by atoms with Crippen molar-refractivity contribution in [3.8, 4) is 11.4 Å². The smallest absolute Gasteiger partial charge is 0.230 e. The number of nitrogens with one attached hydrogen (secondary N) is 1. The minimum Gasteiger partial charge on any atom is -0.355 e. The van der Waals surface area contributed by atoms with Crippen LogP contribution in [0.2, 0.25) is 5.02 Å². The van der Waals surface area contributed by atoms with Crippen LogP contribution in [0.15, 0.2) is 35.5 Å². The molecule has 0 spiro atoms. The van der Waals surface area contributed by atoms with Gasteiger partial charge in [0.1, 0.15) is 0 Å². The SMILES string of the molecule is Cc1cc(C)n(CCCNC(=O)CSc2nnc(-c3ccccc3Cl)n2C2CCCC2)n1. The molecule has 0 bridgehead atoms. The summed E-state index contributed by atoms with van der Waals surface area (Å²) in [6.45, 7) is 5.46. The fraction of sp³-hybridized carbons (Fsp3) is 0.478. The number of hydrogen-bond donors (Lipinski definition) is 1. The molecule has 4 rings (SSSR count). The number of aromatic nitrogens is 5. The monoisotopic (exact) mass is 472 g/mol. The molecule has 170 valence electrons. The van der Waals surface area contributed by atoms with Crippen LogP contribution < -0.4 is 5.32 Å². The molecule has 9 heteroatoms. The molecule has 3 aromatic rings. The Balaban J connectivity index is 1.36. The number of halogens is 1. The first-order chi connectivity index (χ1) is 15.5. The summed E-state index contributed by atoms with van der Waals surface area (Å²) in [5, 5.41) is 17.8.